The summed E-state index contributed by atoms with van der Waals surface area (Å²) in [5.74, 6) is -1.25. The third kappa shape index (κ3) is 5.43. The maximum Gasteiger partial charge on any atom is 1.00 e. The molecule has 0 heterocycles. The van der Waals surface area contributed by atoms with Gasteiger partial charge in [-0.25, -0.2) is 8.42 Å². The van der Waals surface area contributed by atoms with E-state index in [2.05, 4.69) is 0 Å². The summed E-state index contributed by atoms with van der Waals surface area (Å²) in [7, 11) is -3.32. The summed E-state index contributed by atoms with van der Waals surface area (Å²) < 4.78 is 23.2. The van der Waals surface area contributed by atoms with Crippen LogP contribution >= 0.6 is 11.6 Å². The zero-order valence-corrected chi connectivity index (χ0v) is 17.8. The Balaban J connectivity index is 0.00000312. The van der Waals surface area contributed by atoms with Crippen molar-refractivity contribution in [2.24, 2.45) is 0 Å². The van der Waals surface area contributed by atoms with E-state index in [0.717, 1.165) is 6.26 Å². The van der Waals surface area contributed by atoms with E-state index in [9.17, 15) is 18.3 Å². The molecule has 2 aromatic carbocycles. The van der Waals surface area contributed by atoms with Crippen molar-refractivity contribution < 1.29 is 47.9 Å². The first-order valence-corrected chi connectivity index (χ1v) is 9.52. The van der Waals surface area contributed by atoms with E-state index in [0.29, 0.717) is 21.7 Å². The van der Waals surface area contributed by atoms with Crippen LogP contribution in [0.15, 0.2) is 59.0 Å². The van der Waals surface area contributed by atoms with E-state index in [4.69, 9.17) is 11.6 Å². The van der Waals surface area contributed by atoms with Gasteiger partial charge >= 0.3 is 29.6 Å². The van der Waals surface area contributed by atoms with Crippen molar-refractivity contribution in [3.8, 4) is 0 Å². The molecule has 0 amide bonds. The molecule has 0 radical (unpaired) electrons. The predicted molar refractivity (Wildman–Crippen MR) is 92.3 cm³/mol. The number of hydrogen-bond donors (Lipinski definition) is 0. The molecule has 0 saturated carbocycles. The number of carbonyl (C=O) groups excluding carboxylic acids is 1. The van der Waals surface area contributed by atoms with Gasteiger partial charge < -0.3 is 9.90 Å². The maximum atomic E-state index is 11.6. The quantitative estimate of drug-likeness (QED) is 0.523. The molecule has 0 aliphatic heterocycles. The molecule has 0 fully saturated rings. The zero-order chi connectivity index (χ0) is 17.9. The van der Waals surface area contributed by atoms with Crippen LogP contribution in [0.1, 0.15) is 24.5 Å². The first kappa shape index (κ1) is 21.9. The van der Waals surface area contributed by atoms with Crippen LogP contribution < -0.4 is 34.7 Å². The summed E-state index contributed by atoms with van der Waals surface area (Å²) in [5.41, 5.74) is 1.91. The number of halogens is 1. The van der Waals surface area contributed by atoms with Crippen molar-refractivity contribution >= 4 is 33.0 Å². The van der Waals surface area contributed by atoms with E-state index in [1.165, 1.54) is 12.1 Å². The second-order valence-electron chi connectivity index (χ2n) is 5.30. The summed E-state index contributed by atoms with van der Waals surface area (Å²) >= 11 is 5.90. The molecule has 25 heavy (non-hydrogen) atoms. The second kappa shape index (κ2) is 9.01. The average Bonchev–Trinajstić information content (AvgIpc) is 2.52. The zero-order valence-electron chi connectivity index (χ0n) is 14.2. The molecule has 0 aromatic heterocycles. The number of benzene rings is 2. The van der Waals surface area contributed by atoms with Gasteiger partial charge in [0.05, 0.1) is 10.9 Å². The Bertz CT molecular complexity index is 886. The van der Waals surface area contributed by atoms with Crippen LogP contribution in [0, 0.1) is 0 Å². The van der Waals surface area contributed by atoms with Crippen LogP contribution in [0.2, 0.25) is 5.02 Å². The molecule has 0 spiro atoms. The summed E-state index contributed by atoms with van der Waals surface area (Å²) in [6, 6.07) is 12.9. The topological polar surface area (TPSA) is 74.3 Å². The molecule has 0 atom stereocenters. The van der Waals surface area contributed by atoms with Gasteiger partial charge in [0.2, 0.25) is 0 Å². The Kier molecular flexibility index (Phi) is 7.90. The minimum Gasteiger partial charge on any atom is -0.545 e. The van der Waals surface area contributed by atoms with Gasteiger partial charge in [0, 0.05) is 11.3 Å². The Morgan fingerprint density at radius 2 is 1.44 bits per heavy atom. The summed E-state index contributed by atoms with van der Waals surface area (Å²) in [5, 5.41) is 12.1. The van der Waals surface area contributed by atoms with E-state index < -0.39 is 15.8 Å². The monoisotopic (exact) mass is 386 g/mol. The molecular weight excluding hydrogens is 371 g/mol. The van der Waals surface area contributed by atoms with Crippen LogP contribution in [0.4, 0.5) is 0 Å². The molecule has 2 rings (SSSR count). The Morgan fingerprint density at radius 1 is 1.00 bits per heavy atom. The van der Waals surface area contributed by atoms with Crippen molar-refractivity contribution in [1.29, 1.82) is 0 Å². The number of aliphatic carboxylic acids is 1. The summed E-state index contributed by atoms with van der Waals surface area (Å²) in [4.78, 5) is 11.7. The van der Waals surface area contributed by atoms with Crippen LogP contribution in [-0.2, 0) is 14.6 Å². The first-order valence-electron chi connectivity index (χ1n) is 7.25. The van der Waals surface area contributed by atoms with E-state index in [1.54, 1.807) is 43.3 Å². The fraction of sp³-hybridized carbons (Fsp3) is 0.167. The van der Waals surface area contributed by atoms with Gasteiger partial charge in [-0.15, -0.1) is 0 Å². The molecule has 126 valence electrons. The minimum absolute atomic E-state index is 0. The van der Waals surface area contributed by atoms with Gasteiger partial charge in [0.15, 0.2) is 9.84 Å². The number of carbonyl (C=O) groups is 1. The molecule has 4 nitrogen and oxygen atoms in total. The van der Waals surface area contributed by atoms with Gasteiger partial charge in [-0.05, 0) is 53.0 Å². The standard InChI is InChI=1S/C18H17ClO4S.Na/c1-3-16(18(20)21)17(12-4-8-14(19)9-5-12)13-6-10-15(11-7-13)24(2,22)23;/h4-11H,3H2,1-2H3,(H,20,21);/q;+1/p-1/b17-16+;. The molecule has 2 aromatic rings. The van der Waals surface area contributed by atoms with Crippen LogP contribution in [0.5, 0.6) is 0 Å². The van der Waals surface area contributed by atoms with Gasteiger partial charge in [-0.1, -0.05) is 42.8 Å². The van der Waals surface area contributed by atoms with Crippen molar-refractivity contribution in [1.82, 2.24) is 0 Å². The van der Waals surface area contributed by atoms with Gasteiger partial charge in [0.25, 0.3) is 0 Å². The fourth-order valence-electron chi connectivity index (χ4n) is 2.42. The van der Waals surface area contributed by atoms with Crippen molar-refractivity contribution in [3.63, 3.8) is 0 Å². The Labute approximate surface area is 174 Å². The molecule has 0 bridgehead atoms. The third-order valence-corrected chi connectivity index (χ3v) is 4.99. The molecular formula is C18H16ClNaO4S. The SMILES string of the molecule is CC/C(C(=O)[O-])=C(/c1ccc(Cl)cc1)c1ccc(S(C)(=O)=O)cc1.[Na+]. The average molecular weight is 387 g/mol. The molecule has 0 N–H and O–H groups in total. The number of carboxylic acids is 1. The van der Waals surface area contributed by atoms with Gasteiger partial charge in [-0.3, -0.25) is 0 Å². The van der Waals surface area contributed by atoms with Crippen LogP contribution in [0.3, 0.4) is 0 Å². The van der Waals surface area contributed by atoms with Crippen molar-refractivity contribution in [2.75, 3.05) is 6.26 Å². The number of carboxylic acid groups (broad SMARTS) is 1. The molecule has 0 saturated heterocycles. The van der Waals surface area contributed by atoms with Crippen LogP contribution in [-0.4, -0.2) is 20.6 Å². The van der Waals surface area contributed by atoms with Crippen molar-refractivity contribution in [3.05, 3.63) is 70.3 Å². The van der Waals surface area contributed by atoms with E-state index in [-0.39, 0.29) is 46.4 Å². The minimum atomic E-state index is -3.32. The number of rotatable bonds is 5. The second-order valence-corrected chi connectivity index (χ2v) is 7.75. The summed E-state index contributed by atoms with van der Waals surface area (Å²) in [6.45, 7) is 1.73. The maximum absolute atomic E-state index is 11.6. The van der Waals surface area contributed by atoms with Gasteiger partial charge in [-0.2, -0.15) is 0 Å². The fourth-order valence-corrected chi connectivity index (χ4v) is 3.18. The molecule has 0 aliphatic carbocycles. The van der Waals surface area contributed by atoms with E-state index >= 15 is 0 Å². The Hall–Kier alpha value is -1.11. The first-order chi connectivity index (χ1) is 11.2. The summed E-state index contributed by atoms with van der Waals surface area (Å²) in [6.07, 6.45) is 1.39. The van der Waals surface area contributed by atoms with Gasteiger partial charge in [0.1, 0.15) is 0 Å². The predicted octanol–water partition coefficient (Wildman–Crippen LogP) is -0.291. The normalized spacial score (nSPS) is 12.1. The molecule has 0 unspecified atom stereocenters. The van der Waals surface area contributed by atoms with E-state index in [1.807, 2.05) is 0 Å². The third-order valence-electron chi connectivity index (χ3n) is 3.61. The van der Waals surface area contributed by atoms with Crippen LogP contribution in [0.25, 0.3) is 5.57 Å². The number of hydrogen-bond acceptors (Lipinski definition) is 4. The smallest absolute Gasteiger partial charge is 0.545 e. The van der Waals surface area contributed by atoms with Crippen molar-refractivity contribution in [2.45, 2.75) is 18.2 Å². The number of sulfone groups is 1. The largest absolute Gasteiger partial charge is 1.00 e. The molecule has 0 aliphatic rings. The Morgan fingerprint density at radius 3 is 1.80 bits per heavy atom. The molecule has 7 heteroatoms.